The maximum atomic E-state index is 6.06. The second kappa shape index (κ2) is 6.58. The molecule has 0 aliphatic carbocycles. The normalized spacial score (nSPS) is 10.6. The monoisotopic (exact) mass is 269 g/mol. The second-order valence-corrected chi connectivity index (χ2v) is 5.18. The topological polar surface area (TPSA) is 21.3 Å². The molecule has 0 radical (unpaired) electrons. The molecule has 2 aromatic carbocycles. The molecule has 0 saturated carbocycles. The van der Waals surface area contributed by atoms with Gasteiger partial charge in [0.2, 0.25) is 0 Å². The number of nitrogens with one attached hydrogen (secondary N) is 1. The number of aryl methyl sites for hydroxylation is 2. The maximum absolute atomic E-state index is 6.06. The van der Waals surface area contributed by atoms with Gasteiger partial charge in [-0.05, 0) is 61.7 Å². The molecule has 0 spiro atoms. The lowest BCUT2D eigenvalue weighted by atomic mass is 10.1. The summed E-state index contributed by atoms with van der Waals surface area (Å²) in [6.07, 6.45) is 0. The van der Waals surface area contributed by atoms with Crippen molar-refractivity contribution in [1.82, 2.24) is 5.32 Å². The van der Waals surface area contributed by atoms with Crippen LogP contribution >= 0.6 is 0 Å². The van der Waals surface area contributed by atoms with Crippen molar-refractivity contribution in [3.63, 3.8) is 0 Å². The van der Waals surface area contributed by atoms with Crippen LogP contribution in [0.3, 0.4) is 0 Å². The Kier molecular flexibility index (Phi) is 4.80. The Morgan fingerprint density at radius 3 is 2.20 bits per heavy atom. The summed E-state index contributed by atoms with van der Waals surface area (Å²) in [6, 6.07) is 12.5. The highest BCUT2D eigenvalue weighted by Crippen LogP contribution is 2.30. The molecule has 20 heavy (non-hydrogen) atoms. The molecule has 0 saturated heterocycles. The molecule has 0 unspecified atom stereocenters. The Morgan fingerprint density at radius 1 is 0.900 bits per heavy atom. The zero-order valence-electron chi connectivity index (χ0n) is 12.8. The summed E-state index contributed by atoms with van der Waals surface area (Å²) < 4.78 is 6.06. The summed E-state index contributed by atoms with van der Waals surface area (Å²) in [4.78, 5) is 0. The molecule has 2 heteroatoms. The summed E-state index contributed by atoms with van der Waals surface area (Å²) in [5.41, 5.74) is 4.91. The molecule has 0 fully saturated rings. The fourth-order valence-corrected chi connectivity index (χ4v) is 2.15. The van der Waals surface area contributed by atoms with Crippen molar-refractivity contribution in [3.8, 4) is 11.5 Å². The van der Waals surface area contributed by atoms with Gasteiger partial charge >= 0.3 is 0 Å². The lowest BCUT2D eigenvalue weighted by Gasteiger charge is -2.14. The fourth-order valence-electron chi connectivity index (χ4n) is 2.15. The zero-order valence-corrected chi connectivity index (χ0v) is 12.8. The lowest BCUT2D eigenvalue weighted by molar-refractivity contribution is 0.474. The van der Waals surface area contributed by atoms with Gasteiger partial charge in [-0.3, -0.25) is 0 Å². The van der Waals surface area contributed by atoms with E-state index in [4.69, 9.17) is 4.74 Å². The molecule has 0 aromatic heterocycles. The van der Waals surface area contributed by atoms with Gasteiger partial charge in [0.25, 0.3) is 0 Å². The van der Waals surface area contributed by atoms with E-state index < -0.39 is 0 Å². The summed E-state index contributed by atoms with van der Waals surface area (Å²) in [6.45, 7) is 10.3. The minimum absolute atomic E-state index is 0.891. The highest BCUT2D eigenvalue weighted by molar-refractivity contribution is 5.47. The van der Waals surface area contributed by atoms with Crippen LogP contribution in [0.4, 0.5) is 0 Å². The van der Waals surface area contributed by atoms with Crippen molar-refractivity contribution in [2.24, 2.45) is 0 Å². The van der Waals surface area contributed by atoms with Crippen molar-refractivity contribution in [3.05, 3.63) is 58.7 Å². The number of hydrogen-bond donors (Lipinski definition) is 1. The van der Waals surface area contributed by atoms with Gasteiger partial charge in [-0.2, -0.15) is 0 Å². The maximum Gasteiger partial charge on any atom is 0.133 e. The van der Waals surface area contributed by atoms with Gasteiger partial charge in [-0.15, -0.1) is 0 Å². The van der Waals surface area contributed by atoms with E-state index in [-0.39, 0.29) is 0 Å². The molecule has 106 valence electrons. The molecule has 2 rings (SSSR count). The van der Waals surface area contributed by atoms with Crippen molar-refractivity contribution in [1.29, 1.82) is 0 Å². The number of benzene rings is 2. The van der Waals surface area contributed by atoms with E-state index in [1.807, 2.05) is 12.1 Å². The SMILES string of the molecule is CCNCc1ccc(Oc2c(C)ccc(C)c2C)cc1. The molecular weight excluding hydrogens is 246 g/mol. The van der Waals surface area contributed by atoms with Crippen molar-refractivity contribution in [2.75, 3.05) is 6.54 Å². The number of rotatable bonds is 5. The minimum Gasteiger partial charge on any atom is -0.457 e. The Bertz CT molecular complexity index is 573. The first kappa shape index (κ1) is 14.6. The van der Waals surface area contributed by atoms with E-state index in [0.29, 0.717) is 0 Å². The average molecular weight is 269 g/mol. The molecule has 0 aliphatic rings. The first-order valence-electron chi connectivity index (χ1n) is 7.16. The fraction of sp³-hybridized carbons (Fsp3) is 0.333. The smallest absolute Gasteiger partial charge is 0.133 e. The average Bonchev–Trinajstić information content (AvgIpc) is 2.47. The first-order valence-corrected chi connectivity index (χ1v) is 7.16. The molecule has 0 heterocycles. The Morgan fingerprint density at radius 2 is 1.55 bits per heavy atom. The van der Waals surface area contributed by atoms with Crippen LogP contribution in [0.25, 0.3) is 0 Å². The molecule has 0 atom stereocenters. The molecule has 0 bridgehead atoms. The highest BCUT2D eigenvalue weighted by Gasteiger charge is 2.07. The number of ether oxygens (including phenoxy) is 1. The van der Waals surface area contributed by atoms with E-state index in [1.165, 1.54) is 22.3 Å². The minimum atomic E-state index is 0.891. The summed E-state index contributed by atoms with van der Waals surface area (Å²) in [5, 5.41) is 3.32. The first-order chi connectivity index (χ1) is 9.61. The molecule has 0 amide bonds. The Labute approximate surface area is 121 Å². The third-order valence-corrected chi connectivity index (χ3v) is 3.60. The van der Waals surface area contributed by atoms with Gasteiger partial charge < -0.3 is 10.1 Å². The van der Waals surface area contributed by atoms with Gasteiger partial charge in [-0.1, -0.05) is 31.2 Å². The third kappa shape index (κ3) is 3.40. The van der Waals surface area contributed by atoms with Crippen LogP contribution in [-0.2, 0) is 6.54 Å². The van der Waals surface area contributed by atoms with Crippen LogP contribution in [0, 0.1) is 20.8 Å². The molecule has 0 aliphatic heterocycles. The summed E-state index contributed by atoms with van der Waals surface area (Å²) >= 11 is 0. The third-order valence-electron chi connectivity index (χ3n) is 3.60. The van der Waals surface area contributed by atoms with E-state index in [2.05, 4.69) is 57.3 Å². The van der Waals surface area contributed by atoms with Crippen LogP contribution in [0.5, 0.6) is 11.5 Å². The van der Waals surface area contributed by atoms with Gasteiger partial charge in [0.1, 0.15) is 11.5 Å². The predicted molar refractivity (Wildman–Crippen MR) is 84.5 cm³/mol. The van der Waals surface area contributed by atoms with Crippen LogP contribution < -0.4 is 10.1 Å². The van der Waals surface area contributed by atoms with Gasteiger partial charge in [0.05, 0.1) is 0 Å². The molecule has 2 aromatic rings. The van der Waals surface area contributed by atoms with Gasteiger partial charge in [0.15, 0.2) is 0 Å². The second-order valence-electron chi connectivity index (χ2n) is 5.18. The van der Waals surface area contributed by atoms with Crippen molar-refractivity contribution < 1.29 is 4.74 Å². The Balaban J connectivity index is 2.16. The van der Waals surface area contributed by atoms with E-state index >= 15 is 0 Å². The van der Waals surface area contributed by atoms with Crippen LogP contribution in [0.15, 0.2) is 36.4 Å². The van der Waals surface area contributed by atoms with Crippen molar-refractivity contribution in [2.45, 2.75) is 34.2 Å². The molecule has 2 nitrogen and oxygen atoms in total. The van der Waals surface area contributed by atoms with Crippen LogP contribution in [0.1, 0.15) is 29.2 Å². The standard InChI is InChI=1S/C18H23NO/c1-5-19-12-16-8-10-17(11-9-16)20-18-14(3)7-6-13(2)15(18)4/h6-11,19H,5,12H2,1-4H3. The summed E-state index contributed by atoms with van der Waals surface area (Å²) in [7, 11) is 0. The molecule has 1 N–H and O–H groups in total. The van der Waals surface area contributed by atoms with E-state index in [1.54, 1.807) is 0 Å². The van der Waals surface area contributed by atoms with Crippen LogP contribution in [0.2, 0.25) is 0 Å². The van der Waals surface area contributed by atoms with E-state index in [0.717, 1.165) is 24.6 Å². The quantitative estimate of drug-likeness (QED) is 0.862. The van der Waals surface area contributed by atoms with Crippen LogP contribution in [-0.4, -0.2) is 6.54 Å². The zero-order chi connectivity index (χ0) is 14.5. The summed E-state index contributed by atoms with van der Waals surface area (Å²) in [5.74, 6) is 1.87. The predicted octanol–water partition coefficient (Wildman–Crippen LogP) is 4.51. The van der Waals surface area contributed by atoms with Gasteiger partial charge in [-0.25, -0.2) is 0 Å². The van der Waals surface area contributed by atoms with E-state index in [9.17, 15) is 0 Å². The number of hydrogen-bond acceptors (Lipinski definition) is 2. The lowest BCUT2D eigenvalue weighted by Crippen LogP contribution is -2.11. The Hall–Kier alpha value is -1.80. The molecular formula is C18H23NO. The highest BCUT2D eigenvalue weighted by atomic mass is 16.5. The van der Waals surface area contributed by atoms with Gasteiger partial charge in [0, 0.05) is 6.54 Å². The van der Waals surface area contributed by atoms with Crippen molar-refractivity contribution >= 4 is 0 Å². The largest absolute Gasteiger partial charge is 0.457 e.